The van der Waals surface area contributed by atoms with Gasteiger partial charge < -0.3 is 5.11 Å². The summed E-state index contributed by atoms with van der Waals surface area (Å²) in [5.41, 5.74) is 2.62. The van der Waals surface area contributed by atoms with Crippen LogP contribution in [-0.2, 0) is 6.42 Å². The Labute approximate surface area is 91.4 Å². The zero-order chi connectivity index (χ0) is 10.5. The first-order valence-electron chi connectivity index (χ1n) is 5.77. The Balaban J connectivity index is 2.04. The van der Waals surface area contributed by atoms with Gasteiger partial charge in [-0.15, -0.1) is 0 Å². The minimum atomic E-state index is 0.561. The van der Waals surface area contributed by atoms with Crippen LogP contribution in [0.5, 0.6) is 0 Å². The van der Waals surface area contributed by atoms with E-state index in [4.69, 9.17) is 0 Å². The highest BCUT2D eigenvalue weighted by molar-refractivity contribution is 5.18. The predicted molar refractivity (Wildman–Crippen MR) is 62.8 cm³/mol. The molecule has 1 saturated carbocycles. The largest absolute Gasteiger partial charge is 0.516 e. The van der Waals surface area contributed by atoms with Crippen LogP contribution in [0.1, 0.15) is 31.2 Å². The summed E-state index contributed by atoms with van der Waals surface area (Å²) < 4.78 is 0. The highest BCUT2D eigenvalue weighted by Gasteiger charge is 2.19. The van der Waals surface area contributed by atoms with E-state index < -0.39 is 0 Å². The number of hydrogen-bond acceptors (Lipinski definition) is 1. The van der Waals surface area contributed by atoms with Crippen LogP contribution in [-0.4, -0.2) is 5.11 Å². The fraction of sp³-hybridized carbons (Fsp3) is 0.429. The zero-order valence-corrected chi connectivity index (χ0v) is 9.02. The maximum atomic E-state index is 9.18. The van der Waals surface area contributed by atoms with E-state index in [1.54, 1.807) is 0 Å². The van der Waals surface area contributed by atoms with E-state index in [1.165, 1.54) is 36.7 Å². The van der Waals surface area contributed by atoms with E-state index in [-0.39, 0.29) is 0 Å². The van der Waals surface area contributed by atoms with Crippen LogP contribution >= 0.6 is 0 Å². The lowest BCUT2D eigenvalue weighted by Crippen LogP contribution is -2.12. The van der Waals surface area contributed by atoms with Crippen LogP contribution in [0.3, 0.4) is 0 Å². The molecule has 0 bridgehead atoms. The van der Waals surface area contributed by atoms with Gasteiger partial charge in [-0.3, -0.25) is 0 Å². The minimum absolute atomic E-state index is 0.561. The Hall–Kier alpha value is -1.24. The molecule has 1 N–H and O–H groups in total. The van der Waals surface area contributed by atoms with Gasteiger partial charge in [0.25, 0.3) is 0 Å². The Morgan fingerprint density at radius 1 is 1.20 bits per heavy atom. The monoisotopic (exact) mass is 202 g/mol. The topological polar surface area (TPSA) is 20.2 Å². The first-order valence-corrected chi connectivity index (χ1v) is 5.77. The van der Waals surface area contributed by atoms with Crippen molar-refractivity contribution in [1.82, 2.24) is 0 Å². The van der Waals surface area contributed by atoms with Crippen LogP contribution in [0.15, 0.2) is 42.2 Å². The predicted octanol–water partition coefficient (Wildman–Crippen LogP) is 3.86. The second-order valence-corrected chi connectivity index (χ2v) is 4.34. The Morgan fingerprint density at radius 3 is 2.73 bits per heavy atom. The fourth-order valence-electron chi connectivity index (χ4n) is 2.41. The Kier molecular flexibility index (Phi) is 3.44. The number of aliphatic hydroxyl groups is 1. The second-order valence-electron chi connectivity index (χ2n) is 4.34. The third-order valence-electron chi connectivity index (χ3n) is 3.28. The maximum absolute atomic E-state index is 9.18. The van der Waals surface area contributed by atoms with Crippen LogP contribution in [0, 0.1) is 5.92 Å². The van der Waals surface area contributed by atoms with Gasteiger partial charge in [-0.1, -0.05) is 36.8 Å². The molecule has 1 atom stereocenters. The summed E-state index contributed by atoms with van der Waals surface area (Å²) >= 11 is 0. The molecule has 15 heavy (non-hydrogen) atoms. The van der Waals surface area contributed by atoms with Gasteiger partial charge in [0.05, 0.1) is 6.26 Å². The summed E-state index contributed by atoms with van der Waals surface area (Å²) in [6.45, 7) is 0. The van der Waals surface area contributed by atoms with Crippen molar-refractivity contribution in [3.8, 4) is 0 Å². The number of aliphatic hydroxyl groups excluding tert-OH is 1. The summed E-state index contributed by atoms with van der Waals surface area (Å²) in [4.78, 5) is 0. The normalized spacial score (nSPS) is 24.3. The van der Waals surface area contributed by atoms with Crippen LogP contribution in [0.4, 0.5) is 0 Å². The summed E-state index contributed by atoms with van der Waals surface area (Å²) in [7, 11) is 0. The van der Waals surface area contributed by atoms with Gasteiger partial charge in [0.15, 0.2) is 0 Å². The molecule has 0 heterocycles. The van der Waals surface area contributed by atoms with Crippen molar-refractivity contribution in [3.63, 3.8) is 0 Å². The highest BCUT2D eigenvalue weighted by atomic mass is 16.2. The van der Waals surface area contributed by atoms with E-state index in [1.807, 2.05) is 6.07 Å². The molecule has 1 aliphatic carbocycles. The first-order chi connectivity index (χ1) is 7.40. The van der Waals surface area contributed by atoms with Gasteiger partial charge in [0.2, 0.25) is 0 Å². The minimum Gasteiger partial charge on any atom is -0.516 e. The third-order valence-corrected chi connectivity index (χ3v) is 3.28. The lowest BCUT2D eigenvalue weighted by molar-refractivity contribution is 0.402. The zero-order valence-electron chi connectivity index (χ0n) is 9.02. The van der Waals surface area contributed by atoms with Crippen molar-refractivity contribution >= 4 is 0 Å². The smallest absolute Gasteiger partial charge is 0.0786 e. The van der Waals surface area contributed by atoms with Gasteiger partial charge in [0.1, 0.15) is 0 Å². The average molecular weight is 202 g/mol. The lowest BCUT2D eigenvalue weighted by Gasteiger charge is -2.24. The van der Waals surface area contributed by atoms with Crippen LogP contribution < -0.4 is 0 Å². The van der Waals surface area contributed by atoms with E-state index in [9.17, 15) is 5.11 Å². The molecular weight excluding hydrogens is 184 g/mol. The van der Waals surface area contributed by atoms with Crippen molar-refractivity contribution in [2.45, 2.75) is 32.1 Å². The first kappa shape index (κ1) is 10.3. The van der Waals surface area contributed by atoms with Crippen molar-refractivity contribution in [2.24, 2.45) is 5.92 Å². The molecule has 1 aromatic carbocycles. The number of allylic oxidation sites excluding steroid dienone is 1. The molecule has 0 saturated heterocycles. The molecular formula is C14H18O. The third kappa shape index (κ3) is 2.62. The van der Waals surface area contributed by atoms with Crippen molar-refractivity contribution in [1.29, 1.82) is 0 Å². The summed E-state index contributed by atoms with van der Waals surface area (Å²) in [6, 6.07) is 10.6. The molecule has 80 valence electrons. The molecule has 0 radical (unpaired) electrons. The summed E-state index contributed by atoms with van der Waals surface area (Å²) in [5.74, 6) is 0.561. The van der Waals surface area contributed by atoms with Gasteiger partial charge in [0, 0.05) is 0 Å². The van der Waals surface area contributed by atoms with E-state index in [0.717, 1.165) is 12.8 Å². The molecule has 0 aromatic heterocycles. The molecule has 1 fully saturated rings. The molecule has 1 nitrogen and oxygen atoms in total. The molecule has 1 aliphatic rings. The molecule has 1 heteroatoms. The summed E-state index contributed by atoms with van der Waals surface area (Å²) in [6.07, 6.45) is 7.25. The lowest BCUT2D eigenvalue weighted by atomic mass is 9.81. The summed E-state index contributed by atoms with van der Waals surface area (Å²) in [5, 5.41) is 9.18. The maximum Gasteiger partial charge on any atom is 0.0786 e. The molecule has 0 amide bonds. The molecule has 0 spiro atoms. The molecule has 2 rings (SSSR count). The average Bonchev–Trinajstić information content (AvgIpc) is 2.31. The number of rotatable bonds is 2. The van der Waals surface area contributed by atoms with Gasteiger partial charge in [-0.05, 0) is 42.7 Å². The fourth-order valence-corrected chi connectivity index (χ4v) is 2.41. The van der Waals surface area contributed by atoms with Crippen molar-refractivity contribution in [3.05, 3.63) is 47.7 Å². The van der Waals surface area contributed by atoms with Gasteiger partial charge >= 0.3 is 0 Å². The van der Waals surface area contributed by atoms with Crippen molar-refractivity contribution < 1.29 is 5.11 Å². The highest BCUT2D eigenvalue weighted by Crippen LogP contribution is 2.31. The number of hydrogen-bond donors (Lipinski definition) is 1. The standard InChI is InChI=1S/C14H18O/c15-11-14-9-5-4-8-13(14)10-12-6-2-1-3-7-12/h1-3,6-7,11,13,15H,4-5,8-10H2. The quantitative estimate of drug-likeness (QED) is 0.722. The van der Waals surface area contributed by atoms with Crippen LogP contribution in [0.25, 0.3) is 0 Å². The molecule has 0 aliphatic heterocycles. The van der Waals surface area contributed by atoms with Crippen molar-refractivity contribution in [2.75, 3.05) is 0 Å². The van der Waals surface area contributed by atoms with Gasteiger partial charge in [-0.25, -0.2) is 0 Å². The Morgan fingerprint density at radius 2 is 2.00 bits per heavy atom. The Bertz CT molecular complexity index is 326. The molecule has 1 unspecified atom stereocenters. The SMILES string of the molecule is OC=C1CCCCC1Cc1ccccc1. The van der Waals surface area contributed by atoms with E-state index in [2.05, 4.69) is 24.3 Å². The van der Waals surface area contributed by atoms with Gasteiger partial charge in [-0.2, -0.15) is 0 Å². The van der Waals surface area contributed by atoms with Crippen LogP contribution in [0.2, 0.25) is 0 Å². The van der Waals surface area contributed by atoms with E-state index >= 15 is 0 Å². The second kappa shape index (κ2) is 5.01. The molecule has 1 aromatic rings. The number of benzene rings is 1. The van der Waals surface area contributed by atoms with E-state index in [0.29, 0.717) is 5.92 Å².